The second-order valence-corrected chi connectivity index (χ2v) is 6.33. The van der Waals surface area contributed by atoms with Gasteiger partial charge in [0.2, 0.25) is 0 Å². The van der Waals surface area contributed by atoms with Crippen LogP contribution in [0.25, 0.3) is 0 Å². The maximum atomic E-state index is 13.6. The second-order valence-electron chi connectivity index (χ2n) is 5.92. The van der Waals surface area contributed by atoms with Crippen molar-refractivity contribution in [2.75, 3.05) is 19.0 Å². The van der Waals surface area contributed by atoms with Gasteiger partial charge < -0.3 is 19.5 Å². The highest BCUT2D eigenvalue weighted by molar-refractivity contribution is 6.32. The number of ether oxygens (including phenoxy) is 3. The average molecular weight is 410 g/mol. The summed E-state index contributed by atoms with van der Waals surface area (Å²) in [6, 6.07) is 7.08. The standard InChI is InChI=1S/C20H21ClFNO5/c1-5-27-18-15(21)8-13(9-17(18)26-4)20(25)28-12(3)19(24)23-14-7-6-11(2)16(22)10-14/h6-10,12H,5H2,1-4H3,(H,23,24)/t12-/m1/s1. The molecule has 1 N–H and O–H groups in total. The van der Waals surface area contributed by atoms with E-state index < -0.39 is 23.8 Å². The zero-order valence-electron chi connectivity index (χ0n) is 16.0. The number of hydrogen-bond donors (Lipinski definition) is 1. The summed E-state index contributed by atoms with van der Waals surface area (Å²) >= 11 is 6.14. The van der Waals surface area contributed by atoms with E-state index in [1.54, 1.807) is 19.9 Å². The van der Waals surface area contributed by atoms with Crippen LogP contribution in [-0.4, -0.2) is 31.7 Å². The van der Waals surface area contributed by atoms with Crippen LogP contribution in [0.4, 0.5) is 10.1 Å². The summed E-state index contributed by atoms with van der Waals surface area (Å²) in [5.41, 5.74) is 0.826. The van der Waals surface area contributed by atoms with Crippen molar-refractivity contribution in [3.63, 3.8) is 0 Å². The van der Waals surface area contributed by atoms with E-state index in [4.69, 9.17) is 25.8 Å². The first-order valence-corrected chi connectivity index (χ1v) is 8.93. The zero-order chi connectivity index (χ0) is 20.8. The fourth-order valence-electron chi connectivity index (χ4n) is 2.32. The lowest BCUT2D eigenvalue weighted by Gasteiger charge is -2.16. The molecule has 0 bridgehead atoms. The molecule has 0 radical (unpaired) electrons. The smallest absolute Gasteiger partial charge is 0.339 e. The Kier molecular flexibility index (Phi) is 7.23. The molecule has 6 nitrogen and oxygen atoms in total. The molecule has 0 fully saturated rings. The third-order valence-corrected chi connectivity index (χ3v) is 4.13. The monoisotopic (exact) mass is 409 g/mol. The van der Waals surface area contributed by atoms with Crippen LogP contribution in [0.5, 0.6) is 11.5 Å². The van der Waals surface area contributed by atoms with Gasteiger partial charge in [0.25, 0.3) is 5.91 Å². The summed E-state index contributed by atoms with van der Waals surface area (Å²) < 4.78 is 29.3. The number of esters is 1. The van der Waals surface area contributed by atoms with Crippen molar-refractivity contribution in [1.29, 1.82) is 0 Å². The number of nitrogens with one attached hydrogen (secondary N) is 1. The molecule has 0 saturated carbocycles. The van der Waals surface area contributed by atoms with Crippen molar-refractivity contribution in [3.8, 4) is 11.5 Å². The highest BCUT2D eigenvalue weighted by Crippen LogP contribution is 2.36. The van der Waals surface area contributed by atoms with Crippen molar-refractivity contribution in [3.05, 3.63) is 52.3 Å². The number of hydrogen-bond acceptors (Lipinski definition) is 5. The Hall–Kier alpha value is -2.80. The molecule has 1 amide bonds. The first-order chi connectivity index (χ1) is 13.3. The van der Waals surface area contributed by atoms with E-state index in [0.29, 0.717) is 17.9 Å². The van der Waals surface area contributed by atoms with E-state index in [-0.39, 0.29) is 22.0 Å². The van der Waals surface area contributed by atoms with Crippen molar-refractivity contribution in [2.45, 2.75) is 26.9 Å². The van der Waals surface area contributed by atoms with Gasteiger partial charge in [0.15, 0.2) is 17.6 Å². The maximum Gasteiger partial charge on any atom is 0.339 e. The number of carbonyl (C=O) groups is 2. The number of aryl methyl sites for hydroxylation is 1. The summed E-state index contributed by atoms with van der Waals surface area (Å²) in [4.78, 5) is 24.6. The number of amides is 1. The van der Waals surface area contributed by atoms with Crippen LogP contribution in [0.15, 0.2) is 30.3 Å². The molecular formula is C20H21ClFNO5. The fourth-order valence-corrected chi connectivity index (χ4v) is 2.58. The van der Waals surface area contributed by atoms with E-state index in [1.165, 1.54) is 38.3 Å². The lowest BCUT2D eigenvalue weighted by molar-refractivity contribution is -0.123. The third-order valence-electron chi connectivity index (χ3n) is 3.85. The van der Waals surface area contributed by atoms with Crippen molar-refractivity contribution < 1.29 is 28.2 Å². The summed E-state index contributed by atoms with van der Waals surface area (Å²) in [6.45, 7) is 5.18. The Morgan fingerprint density at radius 2 is 1.96 bits per heavy atom. The first kappa shape index (κ1) is 21.5. The molecule has 0 saturated heterocycles. The molecule has 2 aromatic rings. The van der Waals surface area contributed by atoms with Crippen molar-refractivity contribution in [1.82, 2.24) is 0 Å². The van der Waals surface area contributed by atoms with Crippen molar-refractivity contribution >= 4 is 29.2 Å². The van der Waals surface area contributed by atoms with Gasteiger partial charge in [-0.05, 0) is 50.6 Å². The third kappa shape index (κ3) is 5.13. The number of anilines is 1. The quantitative estimate of drug-likeness (QED) is 0.687. The van der Waals surface area contributed by atoms with Crippen molar-refractivity contribution in [2.24, 2.45) is 0 Å². The van der Waals surface area contributed by atoms with E-state index in [9.17, 15) is 14.0 Å². The van der Waals surface area contributed by atoms with Gasteiger partial charge in [0.1, 0.15) is 5.82 Å². The fraction of sp³-hybridized carbons (Fsp3) is 0.300. The SMILES string of the molecule is CCOc1c(Cl)cc(C(=O)O[C@H](C)C(=O)Nc2ccc(C)c(F)c2)cc1OC. The van der Waals surface area contributed by atoms with E-state index in [2.05, 4.69) is 5.32 Å². The van der Waals surface area contributed by atoms with E-state index in [0.717, 1.165) is 0 Å². The van der Waals surface area contributed by atoms with Crippen LogP contribution in [0, 0.1) is 12.7 Å². The largest absolute Gasteiger partial charge is 0.493 e. The molecule has 28 heavy (non-hydrogen) atoms. The van der Waals surface area contributed by atoms with Gasteiger partial charge in [-0.1, -0.05) is 17.7 Å². The summed E-state index contributed by atoms with van der Waals surface area (Å²) in [5.74, 6) is -1.22. The number of benzene rings is 2. The van der Waals surface area contributed by atoms with Gasteiger partial charge >= 0.3 is 5.97 Å². The molecule has 1 atom stereocenters. The summed E-state index contributed by atoms with van der Waals surface area (Å²) in [7, 11) is 1.42. The Balaban J connectivity index is 2.09. The van der Waals surface area contributed by atoms with Crippen LogP contribution in [-0.2, 0) is 9.53 Å². The van der Waals surface area contributed by atoms with Crippen LogP contribution in [0.1, 0.15) is 29.8 Å². The Labute approximate surface area is 167 Å². The molecule has 2 aromatic carbocycles. The van der Waals surface area contributed by atoms with Gasteiger partial charge in [-0.25, -0.2) is 9.18 Å². The predicted octanol–water partition coefficient (Wildman–Crippen LogP) is 4.38. The highest BCUT2D eigenvalue weighted by Gasteiger charge is 2.22. The Bertz CT molecular complexity index is 887. The summed E-state index contributed by atoms with van der Waals surface area (Å²) in [5, 5.41) is 2.68. The summed E-state index contributed by atoms with van der Waals surface area (Å²) in [6.07, 6.45) is -1.12. The Morgan fingerprint density at radius 3 is 2.57 bits per heavy atom. The minimum absolute atomic E-state index is 0.103. The molecule has 0 aliphatic heterocycles. The molecule has 0 aliphatic rings. The van der Waals surface area contributed by atoms with Crippen LogP contribution in [0.3, 0.4) is 0 Å². The molecule has 0 spiro atoms. The van der Waals surface area contributed by atoms with E-state index >= 15 is 0 Å². The lowest BCUT2D eigenvalue weighted by atomic mass is 10.2. The van der Waals surface area contributed by atoms with Gasteiger partial charge in [-0.2, -0.15) is 0 Å². The molecule has 0 aromatic heterocycles. The molecule has 8 heteroatoms. The predicted molar refractivity (Wildman–Crippen MR) is 104 cm³/mol. The zero-order valence-corrected chi connectivity index (χ0v) is 16.7. The minimum Gasteiger partial charge on any atom is -0.493 e. The molecule has 0 heterocycles. The van der Waals surface area contributed by atoms with Crippen LogP contribution >= 0.6 is 11.6 Å². The Morgan fingerprint density at radius 1 is 1.25 bits per heavy atom. The maximum absolute atomic E-state index is 13.6. The second kappa shape index (κ2) is 9.41. The van der Waals surface area contributed by atoms with Gasteiger partial charge in [0, 0.05) is 5.69 Å². The molecule has 0 aliphatic carbocycles. The number of carbonyl (C=O) groups excluding carboxylic acids is 2. The highest BCUT2D eigenvalue weighted by atomic mass is 35.5. The minimum atomic E-state index is -1.12. The van der Waals surface area contributed by atoms with E-state index in [1.807, 2.05) is 0 Å². The van der Waals surface area contributed by atoms with Crippen LogP contribution < -0.4 is 14.8 Å². The van der Waals surface area contributed by atoms with Crippen LogP contribution in [0.2, 0.25) is 5.02 Å². The average Bonchev–Trinajstić information content (AvgIpc) is 2.66. The number of rotatable bonds is 7. The molecule has 0 unspecified atom stereocenters. The molecule has 2 rings (SSSR count). The van der Waals surface area contributed by atoms with Gasteiger partial charge in [-0.15, -0.1) is 0 Å². The number of halogens is 2. The lowest BCUT2D eigenvalue weighted by Crippen LogP contribution is -2.30. The first-order valence-electron chi connectivity index (χ1n) is 8.55. The van der Waals surface area contributed by atoms with Gasteiger partial charge in [-0.3, -0.25) is 4.79 Å². The molecule has 150 valence electrons. The topological polar surface area (TPSA) is 73.9 Å². The molecular weight excluding hydrogens is 389 g/mol. The van der Waals surface area contributed by atoms with Gasteiger partial charge in [0.05, 0.1) is 24.3 Å². The normalized spacial score (nSPS) is 11.5. The number of methoxy groups -OCH3 is 1.